The Balaban J connectivity index is 1.10. The fourth-order valence-corrected chi connectivity index (χ4v) is 7.38. The van der Waals surface area contributed by atoms with Crippen molar-refractivity contribution in [2.24, 2.45) is 10.2 Å². The topological polar surface area (TPSA) is 113 Å². The Morgan fingerprint density at radius 1 is 1.00 bits per heavy atom. The summed E-state index contributed by atoms with van der Waals surface area (Å²) in [6, 6.07) is 23.1. The molecule has 7 rings (SSSR count). The van der Waals surface area contributed by atoms with E-state index in [0.717, 1.165) is 59.0 Å². The molecule has 1 unspecified atom stereocenters. The maximum absolute atomic E-state index is 13.1. The number of thioether (sulfide) groups is 1. The Labute approximate surface area is 270 Å². The van der Waals surface area contributed by atoms with Crippen molar-refractivity contribution in [1.82, 2.24) is 14.5 Å². The van der Waals surface area contributed by atoms with Crippen molar-refractivity contribution in [3.63, 3.8) is 0 Å². The van der Waals surface area contributed by atoms with Crippen LogP contribution in [0.2, 0.25) is 0 Å². The van der Waals surface area contributed by atoms with Crippen molar-refractivity contribution in [2.45, 2.75) is 38.2 Å². The van der Waals surface area contributed by atoms with Crippen molar-refractivity contribution >= 4 is 56.8 Å². The van der Waals surface area contributed by atoms with Gasteiger partial charge in [0.1, 0.15) is 16.6 Å². The average molecular weight is 635 g/mol. The van der Waals surface area contributed by atoms with Crippen LogP contribution in [0.3, 0.4) is 0 Å². The Morgan fingerprint density at radius 2 is 1.78 bits per heavy atom. The Bertz CT molecular complexity index is 1950. The van der Waals surface area contributed by atoms with Crippen molar-refractivity contribution in [3.05, 3.63) is 90.1 Å². The van der Waals surface area contributed by atoms with Crippen molar-refractivity contribution in [1.29, 1.82) is 0 Å². The lowest BCUT2D eigenvalue weighted by Crippen LogP contribution is -2.31. The van der Waals surface area contributed by atoms with Crippen LogP contribution in [-0.2, 0) is 16.3 Å². The Kier molecular flexibility index (Phi) is 8.42. The maximum Gasteiger partial charge on any atom is 0.302 e. The summed E-state index contributed by atoms with van der Waals surface area (Å²) >= 11 is 1.59. The van der Waals surface area contributed by atoms with E-state index in [1.54, 1.807) is 24.0 Å². The number of aromatic hydroxyl groups is 1. The molecular formula is C35H34N6O4S. The van der Waals surface area contributed by atoms with Gasteiger partial charge in [-0.3, -0.25) is 28.9 Å². The second-order valence-electron chi connectivity index (χ2n) is 11.6. The highest BCUT2D eigenvalue weighted by Gasteiger charge is 2.35. The van der Waals surface area contributed by atoms with Gasteiger partial charge in [0.25, 0.3) is 0 Å². The van der Waals surface area contributed by atoms with E-state index in [2.05, 4.69) is 44.4 Å². The number of hydrogen-bond acceptors (Lipinski definition) is 8. The number of pyridine rings is 1. The normalized spacial score (nSPS) is 17.5. The van der Waals surface area contributed by atoms with Gasteiger partial charge in [0.2, 0.25) is 11.8 Å². The number of azo groups is 1. The van der Waals surface area contributed by atoms with Crippen LogP contribution in [0.5, 0.6) is 11.6 Å². The molecule has 2 fully saturated rings. The Hall–Kier alpha value is -4.74. The fourth-order valence-electron chi connectivity index (χ4n) is 6.21. The predicted molar refractivity (Wildman–Crippen MR) is 180 cm³/mol. The van der Waals surface area contributed by atoms with Crippen LogP contribution in [0, 0.1) is 6.92 Å². The summed E-state index contributed by atoms with van der Waals surface area (Å²) in [6.07, 6.45) is 5.15. The van der Waals surface area contributed by atoms with Gasteiger partial charge in [-0.2, -0.15) is 0 Å². The molecule has 2 amide bonds. The summed E-state index contributed by atoms with van der Waals surface area (Å²) in [7, 11) is 0. The van der Waals surface area contributed by atoms with Crippen molar-refractivity contribution in [3.8, 4) is 11.6 Å². The third-order valence-electron chi connectivity index (χ3n) is 8.52. The SMILES string of the molecule is Cc1ccc(C2SCC(=O)N2c2ccc(OCC(=O)N=Nc3c(O)n(CN4CCCCC4)c4ccccc34)c3ncccc23)cc1. The van der Waals surface area contributed by atoms with Gasteiger partial charge in [0.05, 0.1) is 23.6 Å². The van der Waals surface area contributed by atoms with Crippen LogP contribution in [-0.4, -0.2) is 56.8 Å². The van der Waals surface area contributed by atoms with Gasteiger partial charge in [0.15, 0.2) is 12.3 Å². The van der Waals surface area contributed by atoms with Crippen LogP contribution in [0.4, 0.5) is 11.4 Å². The van der Waals surface area contributed by atoms with E-state index in [0.29, 0.717) is 23.7 Å². The van der Waals surface area contributed by atoms with Gasteiger partial charge < -0.3 is 9.84 Å². The first-order valence-electron chi connectivity index (χ1n) is 15.5. The smallest absolute Gasteiger partial charge is 0.302 e. The zero-order valence-electron chi connectivity index (χ0n) is 25.5. The number of anilines is 1. The van der Waals surface area contributed by atoms with Crippen molar-refractivity contribution < 1.29 is 19.4 Å². The monoisotopic (exact) mass is 634 g/mol. The van der Waals surface area contributed by atoms with E-state index < -0.39 is 5.91 Å². The number of nitrogens with zero attached hydrogens (tertiary/aromatic N) is 6. The number of carbonyl (C=O) groups excluding carboxylic acids is 2. The number of hydrogen-bond donors (Lipinski definition) is 1. The molecule has 1 atom stereocenters. The van der Waals surface area contributed by atoms with Gasteiger partial charge in [-0.25, -0.2) is 0 Å². The number of aryl methyl sites for hydroxylation is 1. The molecule has 1 N–H and O–H groups in total. The number of rotatable bonds is 8. The highest BCUT2D eigenvalue weighted by molar-refractivity contribution is 8.00. The number of likely N-dealkylation sites (tertiary alicyclic amines) is 1. The van der Waals surface area contributed by atoms with Gasteiger partial charge in [-0.1, -0.05) is 54.4 Å². The quantitative estimate of drug-likeness (QED) is 0.181. The Morgan fingerprint density at radius 3 is 2.61 bits per heavy atom. The molecule has 2 saturated heterocycles. The summed E-state index contributed by atoms with van der Waals surface area (Å²) in [5.74, 6) is 0.171. The number of aromatic nitrogens is 2. The number of carbonyl (C=O) groups is 2. The third-order valence-corrected chi connectivity index (χ3v) is 9.73. The maximum atomic E-state index is 13.1. The molecule has 0 saturated carbocycles. The zero-order chi connectivity index (χ0) is 31.6. The summed E-state index contributed by atoms with van der Waals surface area (Å²) in [4.78, 5) is 34.7. The first kappa shape index (κ1) is 29.9. The van der Waals surface area contributed by atoms with E-state index in [-0.39, 0.29) is 29.5 Å². The molecule has 0 aliphatic carbocycles. The van der Waals surface area contributed by atoms with E-state index in [1.165, 1.54) is 6.42 Å². The summed E-state index contributed by atoms with van der Waals surface area (Å²) < 4.78 is 7.74. The molecule has 10 nitrogen and oxygen atoms in total. The molecule has 0 bridgehead atoms. The number of piperidine rings is 1. The number of amides is 2. The first-order valence-corrected chi connectivity index (χ1v) is 16.5. The molecule has 234 valence electrons. The van der Waals surface area contributed by atoms with E-state index in [1.807, 2.05) is 58.9 Å². The van der Waals surface area contributed by atoms with Crippen LogP contribution in [0.25, 0.3) is 21.8 Å². The van der Waals surface area contributed by atoms with Crippen LogP contribution < -0.4 is 9.64 Å². The minimum Gasteiger partial charge on any atom is -0.493 e. The van der Waals surface area contributed by atoms with Gasteiger partial charge in [-0.15, -0.1) is 22.0 Å². The molecule has 4 heterocycles. The molecular weight excluding hydrogens is 600 g/mol. The zero-order valence-corrected chi connectivity index (χ0v) is 26.3. The largest absolute Gasteiger partial charge is 0.493 e. The van der Waals surface area contributed by atoms with Crippen molar-refractivity contribution in [2.75, 3.05) is 30.3 Å². The fraction of sp³-hybridized carbons (Fsp3) is 0.286. The lowest BCUT2D eigenvalue weighted by molar-refractivity contribution is -0.120. The van der Waals surface area contributed by atoms with Crippen LogP contribution in [0.15, 0.2) is 89.2 Å². The summed E-state index contributed by atoms with van der Waals surface area (Å²) in [6.45, 7) is 4.17. The minimum atomic E-state index is -0.606. The number of fused-ring (bicyclic) bond motifs is 2. The number of para-hydroxylation sites is 1. The average Bonchev–Trinajstić information content (AvgIpc) is 3.59. The van der Waals surface area contributed by atoms with E-state index >= 15 is 0 Å². The summed E-state index contributed by atoms with van der Waals surface area (Å²) in [5.41, 5.74) is 4.57. The lowest BCUT2D eigenvalue weighted by Gasteiger charge is -2.27. The third kappa shape index (κ3) is 5.83. The number of benzene rings is 3. The van der Waals surface area contributed by atoms with E-state index in [9.17, 15) is 14.7 Å². The molecule has 2 aromatic heterocycles. The van der Waals surface area contributed by atoms with Gasteiger partial charge >= 0.3 is 5.91 Å². The van der Waals surface area contributed by atoms with Gasteiger partial charge in [-0.05, 0) is 68.8 Å². The second-order valence-corrected chi connectivity index (χ2v) is 12.7. The molecule has 0 radical (unpaired) electrons. The first-order chi connectivity index (χ1) is 22.5. The molecule has 46 heavy (non-hydrogen) atoms. The molecule has 3 aromatic carbocycles. The minimum absolute atomic E-state index is 0.0190. The lowest BCUT2D eigenvalue weighted by atomic mass is 10.1. The molecule has 5 aromatic rings. The predicted octanol–water partition coefficient (Wildman–Crippen LogP) is 7.11. The molecule has 11 heteroatoms. The molecule has 2 aliphatic rings. The van der Waals surface area contributed by atoms with Crippen LogP contribution in [0.1, 0.15) is 35.8 Å². The number of ether oxygens (including phenoxy) is 1. The second kappa shape index (κ2) is 12.9. The summed E-state index contributed by atoms with van der Waals surface area (Å²) in [5, 5.41) is 20.5. The van der Waals surface area contributed by atoms with Gasteiger partial charge in [0, 0.05) is 17.0 Å². The van der Waals surface area contributed by atoms with Crippen LogP contribution >= 0.6 is 11.8 Å². The standard InChI is InChI=1S/C35H34N6O4S/c1-23-11-13-24(14-12-23)35-41(31(43)21-46-35)28-15-16-29(32-26(28)9-7-17-36-32)45-20-30(42)37-38-33-25-8-3-4-10-27(25)40(34(33)44)22-39-18-5-2-6-19-39/h3-4,7-17,35,44H,2,5-6,18-22H2,1H3. The highest BCUT2D eigenvalue weighted by Crippen LogP contribution is 2.45. The molecule has 2 aliphatic heterocycles. The highest BCUT2D eigenvalue weighted by atomic mass is 32.2. The van der Waals surface area contributed by atoms with E-state index in [4.69, 9.17) is 4.74 Å². The molecule has 0 spiro atoms.